The van der Waals surface area contributed by atoms with Crippen LogP contribution in [0.4, 0.5) is 4.79 Å². The Morgan fingerprint density at radius 1 is 1.20 bits per heavy atom. The molecule has 8 nitrogen and oxygen atoms in total. The van der Waals surface area contributed by atoms with Crippen molar-refractivity contribution in [3.8, 4) is 0 Å². The number of hydrogen-bond acceptors (Lipinski definition) is 4. The lowest BCUT2D eigenvalue weighted by molar-refractivity contribution is 0.0663. The third-order valence-electron chi connectivity index (χ3n) is 4.28. The molecule has 1 N–H and O–H groups in total. The monoisotopic (exact) mass is 343 g/mol. The second-order valence-electron chi connectivity index (χ2n) is 6.02. The number of rotatable bonds is 2. The van der Waals surface area contributed by atoms with Gasteiger partial charge in [-0.1, -0.05) is 0 Å². The summed E-state index contributed by atoms with van der Waals surface area (Å²) in [6, 6.07) is 3.47. The van der Waals surface area contributed by atoms with Gasteiger partial charge in [-0.05, 0) is 31.5 Å². The maximum Gasteiger partial charge on any atom is 0.317 e. The fourth-order valence-electron chi connectivity index (χ4n) is 2.87. The summed E-state index contributed by atoms with van der Waals surface area (Å²) in [4.78, 5) is 44.6. The molecule has 0 aliphatic carbocycles. The van der Waals surface area contributed by atoms with Gasteiger partial charge in [0.15, 0.2) is 0 Å². The number of fused-ring (bicyclic) bond motifs is 1. The summed E-state index contributed by atoms with van der Waals surface area (Å²) in [5.74, 6) is -0.344. The molecule has 2 aromatic heterocycles. The minimum Gasteiger partial charge on any atom is -0.338 e. The van der Waals surface area contributed by atoms with Gasteiger partial charge in [0.2, 0.25) is 0 Å². The summed E-state index contributed by atoms with van der Waals surface area (Å²) in [5, 5.41) is 2.74. The lowest BCUT2D eigenvalue weighted by Gasteiger charge is -2.34. The van der Waals surface area contributed by atoms with Crippen molar-refractivity contribution in [1.29, 1.82) is 0 Å². The van der Waals surface area contributed by atoms with Crippen molar-refractivity contribution in [2.45, 2.75) is 13.8 Å². The van der Waals surface area contributed by atoms with Crippen molar-refractivity contribution < 1.29 is 9.59 Å². The van der Waals surface area contributed by atoms with Crippen molar-refractivity contribution in [1.82, 2.24) is 24.5 Å². The molecule has 1 saturated heterocycles. The molecule has 25 heavy (non-hydrogen) atoms. The van der Waals surface area contributed by atoms with Gasteiger partial charge in [0.25, 0.3) is 11.5 Å². The third-order valence-corrected chi connectivity index (χ3v) is 4.28. The molecule has 2 aromatic rings. The van der Waals surface area contributed by atoms with Crippen LogP contribution in [0.15, 0.2) is 29.3 Å². The SMILES string of the molecule is CCNC(=O)N1CCN(C(=O)c2cnc3cc(C)ccn3c2=O)CC1. The number of aryl methyl sites for hydroxylation is 1. The van der Waals surface area contributed by atoms with Crippen LogP contribution in [-0.4, -0.2) is 63.8 Å². The molecule has 0 aromatic carbocycles. The second-order valence-corrected chi connectivity index (χ2v) is 6.02. The van der Waals surface area contributed by atoms with Crippen LogP contribution < -0.4 is 10.9 Å². The molecular weight excluding hydrogens is 322 g/mol. The van der Waals surface area contributed by atoms with E-state index in [4.69, 9.17) is 0 Å². The molecule has 132 valence electrons. The van der Waals surface area contributed by atoms with E-state index in [2.05, 4.69) is 10.3 Å². The van der Waals surface area contributed by atoms with E-state index >= 15 is 0 Å². The number of nitrogens with one attached hydrogen (secondary N) is 1. The average Bonchev–Trinajstić information content (AvgIpc) is 2.61. The van der Waals surface area contributed by atoms with Gasteiger partial charge in [-0.25, -0.2) is 9.78 Å². The molecule has 0 spiro atoms. The highest BCUT2D eigenvalue weighted by Crippen LogP contribution is 2.08. The van der Waals surface area contributed by atoms with Crippen molar-refractivity contribution in [2.75, 3.05) is 32.7 Å². The summed E-state index contributed by atoms with van der Waals surface area (Å²) < 4.78 is 1.38. The van der Waals surface area contributed by atoms with Crippen LogP contribution in [0.2, 0.25) is 0 Å². The molecule has 3 rings (SSSR count). The van der Waals surface area contributed by atoms with E-state index < -0.39 is 0 Å². The first-order chi connectivity index (χ1) is 12.0. The molecule has 1 aliphatic rings. The summed E-state index contributed by atoms with van der Waals surface area (Å²) in [5.41, 5.74) is 1.18. The zero-order valence-corrected chi connectivity index (χ0v) is 14.4. The van der Waals surface area contributed by atoms with Gasteiger partial charge in [0.05, 0.1) is 0 Å². The summed E-state index contributed by atoms with van der Waals surface area (Å²) in [6.45, 7) is 6.02. The Kier molecular flexibility index (Phi) is 4.69. The predicted octanol–water partition coefficient (Wildman–Crippen LogP) is 0.490. The molecule has 1 aliphatic heterocycles. The quantitative estimate of drug-likeness (QED) is 0.860. The van der Waals surface area contributed by atoms with Gasteiger partial charge in [-0.2, -0.15) is 0 Å². The van der Waals surface area contributed by atoms with E-state index in [1.807, 2.05) is 13.8 Å². The lowest BCUT2D eigenvalue weighted by atomic mass is 10.2. The number of amides is 3. The Bertz CT molecular complexity index is 868. The minimum atomic E-state index is -0.374. The van der Waals surface area contributed by atoms with Crippen molar-refractivity contribution in [3.63, 3.8) is 0 Å². The Labute approximate surface area is 145 Å². The maximum atomic E-state index is 12.7. The number of pyridine rings is 1. The zero-order chi connectivity index (χ0) is 18.0. The normalized spacial score (nSPS) is 14.6. The number of aromatic nitrogens is 2. The van der Waals surface area contributed by atoms with Crippen LogP contribution in [0.5, 0.6) is 0 Å². The topological polar surface area (TPSA) is 87.0 Å². The molecule has 1 fully saturated rings. The summed E-state index contributed by atoms with van der Waals surface area (Å²) >= 11 is 0. The number of hydrogen-bond donors (Lipinski definition) is 1. The molecule has 0 saturated carbocycles. The van der Waals surface area contributed by atoms with E-state index in [9.17, 15) is 14.4 Å². The number of piperazine rings is 1. The van der Waals surface area contributed by atoms with Crippen molar-refractivity contribution >= 4 is 17.6 Å². The Morgan fingerprint density at radius 3 is 2.56 bits per heavy atom. The van der Waals surface area contributed by atoms with Gasteiger partial charge in [0.1, 0.15) is 11.2 Å². The highest BCUT2D eigenvalue weighted by atomic mass is 16.2. The fraction of sp³-hybridized carbons (Fsp3) is 0.412. The van der Waals surface area contributed by atoms with E-state index in [0.29, 0.717) is 38.4 Å². The fourth-order valence-corrected chi connectivity index (χ4v) is 2.87. The number of urea groups is 1. The summed E-state index contributed by atoms with van der Waals surface area (Å²) in [6.07, 6.45) is 2.97. The smallest absolute Gasteiger partial charge is 0.317 e. The van der Waals surface area contributed by atoms with Crippen LogP contribution in [0.3, 0.4) is 0 Å². The Balaban J connectivity index is 1.77. The Morgan fingerprint density at radius 2 is 1.88 bits per heavy atom. The first-order valence-corrected chi connectivity index (χ1v) is 8.31. The Hall–Kier alpha value is -2.90. The third kappa shape index (κ3) is 3.33. The van der Waals surface area contributed by atoms with Crippen LogP contribution in [0.25, 0.3) is 5.65 Å². The lowest BCUT2D eigenvalue weighted by Crippen LogP contribution is -2.53. The van der Waals surface area contributed by atoms with Crippen molar-refractivity contribution in [3.05, 3.63) is 46.0 Å². The molecule has 0 atom stereocenters. The van der Waals surface area contributed by atoms with Crippen LogP contribution >= 0.6 is 0 Å². The number of nitrogens with zero attached hydrogens (tertiary/aromatic N) is 4. The molecule has 0 unspecified atom stereocenters. The van der Waals surface area contributed by atoms with Crippen LogP contribution in [0.1, 0.15) is 22.8 Å². The van der Waals surface area contributed by atoms with Gasteiger partial charge in [-0.15, -0.1) is 0 Å². The predicted molar refractivity (Wildman–Crippen MR) is 92.7 cm³/mol. The van der Waals surface area contributed by atoms with Crippen LogP contribution in [-0.2, 0) is 0 Å². The standard InChI is InChI=1S/C17H21N5O3/c1-3-18-17(25)21-8-6-20(7-9-21)15(23)13-11-19-14-10-12(2)4-5-22(14)16(13)24/h4-5,10-11H,3,6-9H2,1-2H3,(H,18,25). The second kappa shape index (κ2) is 6.92. The molecular formula is C17H21N5O3. The number of carbonyl (C=O) groups excluding carboxylic acids is 2. The maximum absolute atomic E-state index is 12.7. The first kappa shape index (κ1) is 16.9. The highest BCUT2D eigenvalue weighted by molar-refractivity contribution is 5.94. The average molecular weight is 343 g/mol. The molecule has 3 amide bonds. The van der Waals surface area contributed by atoms with Gasteiger partial charge >= 0.3 is 6.03 Å². The molecule has 0 bridgehead atoms. The summed E-state index contributed by atoms with van der Waals surface area (Å²) in [7, 11) is 0. The van der Waals surface area contributed by atoms with Gasteiger partial charge in [0, 0.05) is 45.1 Å². The first-order valence-electron chi connectivity index (χ1n) is 8.31. The molecule has 0 radical (unpaired) electrons. The number of carbonyl (C=O) groups is 2. The van der Waals surface area contributed by atoms with Gasteiger partial charge in [-0.3, -0.25) is 14.0 Å². The molecule has 8 heteroatoms. The van der Waals surface area contributed by atoms with E-state index in [-0.39, 0.29) is 23.1 Å². The largest absolute Gasteiger partial charge is 0.338 e. The zero-order valence-electron chi connectivity index (χ0n) is 14.4. The van der Waals surface area contributed by atoms with E-state index in [1.54, 1.807) is 28.1 Å². The van der Waals surface area contributed by atoms with Crippen LogP contribution in [0, 0.1) is 6.92 Å². The van der Waals surface area contributed by atoms with E-state index in [1.165, 1.54) is 10.6 Å². The molecule has 3 heterocycles. The van der Waals surface area contributed by atoms with E-state index in [0.717, 1.165) is 5.56 Å². The van der Waals surface area contributed by atoms with Crippen molar-refractivity contribution in [2.24, 2.45) is 0 Å². The van der Waals surface area contributed by atoms with Gasteiger partial charge < -0.3 is 15.1 Å². The highest BCUT2D eigenvalue weighted by Gasteiger charge is 2.26. The minimum absolute atomic E-state index is 0.0489.